The van der Waals surface area contributed by atoms with E-state index < -0.39 is 5.60 Å². The molecule has 0 saturated carbocycles. The monoisotopic (exact) mass is 294 g/mol. The van der Waals surface area contributed by atoms with Crippen molar-refractivity contribution < 1.29 is 9.90 Å². The SMILES string of the molecule is CCC(C)n1nccc1NC(=O)N1CCCC1C(C)(C)O. The molecule has 2 atom stereocenters. The zero-order chi connectivity index (χ0) is 15.6. The van der Waals surface area contributed by atoms with Crippen LogP contribution < -0.4 is 5.32 Å². The summed E-state index contributed by atoms with van der Waals surface area (Å²) in [6, 6.07) is 1.74. The molecule has 118 valence electrons. The number of likely N-dealkylation sites (tertiary alicyclic amines) is 1. The van der Waals surface area contributed by atoms with E-state index in [9.17, 15) is 9.90 Å². The van der Waals surface area contributed by atoms with Crippen molar-refractivity contribution in [2.24, 2.45) is 0 Å². The first-order valence-corrected chi connectivity index (χ1v) is 7.68. The van der Waals surface area contributed by atoms with Crippen molar-refractivity contribution in [3.63, 3.8) is 0 Å². The number of carbonyl (C=O) groups excluding carboxylic acids is 1. The molecule has 1 aromatic heterocycles. The Bertz CT molecular complexity index is 492. The van der Waals surface area contributed by atoms with Crippen LogP contribution in [0.25, 0.3) is 0 Å². The van der Waals surface area contributed by atoms with Crippen LogP contribution in [0.15, 0.2) is 12.3 Å². The van der Waals surface area contributed by atoms with Gasteiger partial charge < -0.3 is 10.0 Å². The molecule has 1 saturated heterocycles. The number of amides is 2. The lowest BCUT2D eigenvalue weighted by molar-refractivity contribution is 0.0117. The zero-order valence-corrected chi connectivity index (χ0v) is 13.3. The van der Waals surface area contributed by atoms with Crippen LogP contribution in [-0.4, -0.2) is 44.0 Å². The van der Waals surface area contributed by atoms with E-state index in [1.165, 1.54) is 0 Å². The minimum Gasteiger partial charge on any atom is -0.388 e. The summed E-state index contributed by atoms with van der Waals surface area (Å²) < 4.78 is 1.83. The number of anilines is 1. The van der Waals surface area contributed by atoms with E-state index in [4.69, 9.17) is 0 Å². The molecule has 21 heavy (non-hydrogen) atoms. The molecule has 2 unspecified atom stereocenters. The van der Waals surface area contributed by atoms with Crippen molar-refractivity contribution in [2.45, 2.75) is 64.6 Å². The molecular weight excluding hydrogens is 268 g/mol. The molecule has 2 rings (SSSR count). The third kappa shape index (κ3) is 3.37. The number of aromatic nitrogens is 2. The van der Waals surface area contributed by atoms with Crippen LogP contribution in [0.1, 0.15) is 53.0 Å². The average molecular weight is 294 g/mol. The Morgan fingerprint density at radius 3 is 2.95 bits per heavy atom. The Balaban J connectivity index is 2.10. The standard InChI is InChI=1S/C15H26N4O2/c1-5-11(2)19-13(8-9-16-19)17-14(20)18-10-6-7-12(18)15(3,4)21/h8-9,11-12,21H,5-7,10H2,1-4H3,(H,17,20). The van der Waals surface area contributed by atoms with Gasteiger partial charge in [-0.3, -0.25) is 5.32 Å². The van der Waals surface area contributed by atoms with Gasteiger partial charge in [-0.15, -0.1) is 0 Å². The Hall–Kier alpha value is -1.56. The Morgan fingerprint density at radius 2 is 2.33 bits per heavy atom. The van der Waals surface area contributed by atoms with Gasteiger partial charge in [-0.1, -0.05) is 6.92 Å². The highest BCUT2D eigenvalue weighted by atomic mass is 16.3. The van der Waals surface area contributed by atoms with Gasteiger partial charge in [-0.2, -0.15) is 5.10 Å². The largest absolute Gasteiger partial charge is 0.388 e. The van der Waals surface area contributed by atoms with Gasteiger partial charge in [0, 0.05) is 12.6 Å². The third-order valence-corrected chi connectivity index (χ3v) is 4.24. The number of rotatable bonds is 4. The third-order valence-electron chi connectivity index (χ3n) is 4.24. The van der Waals surface area contributed by atoms with Crippen molar-refractivity contribution in [3.8, 4) is 0 Å². The van der Waals surface area contributed by atoms with E-state index in [-0.39, 0.29) is 18.1 Å². The van der Waals surface area contributed by atoms with E-state index in [0.29, 0.717) is 12.4 Å². The number of urea groups is 1. The number of aliphatic hydroxyl groups is 1. The lowest BCUT2D eigenvalue weighted by Crippen LogP contribution is -2.49. The van der Waals surface area contributed by atoms with Crippen LogP contribution in [0.5, 0.6) is 0 Å². The van der Waals surface area contributed by atoms with Crippen LogP contribution in [0, 0.1) is 0 Å². The highest BCUT2D eigenvalue weighted by Gasteiger charge is 2.38. The Kier molecular flexibility index (Phi) is 4.56. The summed E-state index contributed by atoms with van der Waals surface area (Å²) in [5.41, 5.74) is -0.884. The molecule has 0 bridgehead atoms. The van der Waals surface area contributed by atoms with Gasteiger partial charge in [0.2, 0.25) is 0 Å². The molecule has 2 amide bonds. The smallest absolute Gasteiger partial charge is 0.323 e. The predicted molar refractivity (Wildman–Crippen MR) is 82.3 cm³/mol. The topological polar surface area (TPSA) is 70.4 Å². The van der Waals surface area contributed by atoms with Crippen LogP contribution in [0.3, 0.4) is 0 Å². The first-order chi connectivity index (χ1) is 9.84. The highest BCUT2D eigenvalue weighted by Crippen LogP contribution is 2.27. The van der Waals surface area contributed by atoms with E-state index in [2.05, 4.69) is 24.3 Å². The van der Waals surface area contributed by atoms with Gasteiger partial charge in [0.15, 0.2) is 0 Å². The van der Waals surface area contributed by atoms with Crippen LogP contribution in [-0.2, 0) is 0 Å². The molecule has 0 aromatic carbocycles. The normalized spacial score (nSPS) is 20.6. The minimum atomic E-state index is -0.884. The average Bonchev–Trinajstić information content (AvgIpc) is 3.05. The second-order valence-electron chi connectivity index (χ2n) is 6.35. The summed E-state index contributed by atoms with van der Waals surface area (Å²) in [5, 5.41) is 17.4. The van der Waals surface area contributed by atoms with Gasteiger partial charge >= 0.3 is 6.03 Å². The Morgan fingerprint density at radius 1 is 1.62 bits per heavy atom. The summed E-state index contributed by atoms with van der Waals surface area (Å²) in [5.74, 6) is 0.704. The van der Waals surface area contributed by atoms with Gasteiger partial charge in [0.25, 0.3) is 0 Å². The van der Waals surface area contributed by atoms with Crippen LogP contribution in [0.2, 0.25) is 0 Å². The maximum Gasteiger partial charge on any atom is 0.323 e. The van der Waals surface area contributed by atoms with E-state index in [0.717, 1.165) is 19.3 Å². The molecule has 0 spiro atoms. The number of hydrogen-bond acceptors (Lipinski definition) is 3. The number of carbonyl (C=O) groups is 1. The van der Waals surface area contributed by atoms with Crippen molar-refractivity contribution in [1.29, 1.82) is 0 Å². The molecule has 1 aromatic rings. The predicted octanol–water partition coefficient (Wildman–Crippen LogP) is 2.62. The molecule has 0 radical (unpaired) electrons. The minimum absolute atomic E-state index is 0.141. The summed E-state index contributed by atoms with van der Waals surface area (Å²) in [7, 11) is 0. The molecule has 6 nitrogen and oxygen atoms in total. The number of nitrogens with zero attached hydrogens (tertiary/aromatic N) is 3. The van der Waals surface area contributed by atoms with Gasteiger partial charge in [0.05, 0.1) is 23.9 Å². The Labute approximate surface area is 126 Å². The molecule has 2 N–H and O–H groups in total. The summed E-state index contributed by atoms with van der Waals surface area (Å²) in [4.78, 5) is 14.2. The maximum absolute atomic E-state index is 12.5. The fourth-order valence-corrected chi connectivity index (χ4v) is 2.86. The lowest BCUT2D eigenvalue weighted by Gasteiger charge is -2.33. The molecule has 1 aliphatic rings. The quantitative estimate of drug-likeness (QED) is 0.896. The number of nitrogens with one attached hydrogen (secondary N) is 1. The molecule has 2 heterocycles. The zero-order valence-electron chi connectivity index (χ0n) is 13.3. The summed E-state index contributed by atoms with van der Waals surface area (Å²) in [6.45, 7) is 8.35. The van der Waals surface area contributed by atoms with Gasteiger partial charge in [-0.05, 0) is 40.0 Å². The second-order valence-corrected chi connectivity index (χ2v) is 6.35. The van der Waals surface area contributed by atoms with E-state index in [1.807, 2.05) is 4.68 Å². The van der Waals surface area contributed by atoms with E-state index >= 15 is 0 Å². The number of hydrogen-bond donors (Lipinski definition) is 2. The van der Waals surface area contributed by atoms with Crippen molar-refractivity contribution in [2.75, 3.05) is 11.9 Å². The van der Waals surface area contributed by atoms with E-state index in [1.54, 1.807) is 31.0 Å². The first-order valence-electron chi connectivity index (χ1n) is 7.68. The molecule has 1 aliphatic heterocycles. The lowest BCUT2D eigenvalue weighted by atomic mass is 9.97. The highest BCUT2D eigenvalue weighted by molar-refractivity contribution is 5.89. The van der Waals surface area contributed by atoms with Gasteiger partial charge in [0.1, 0.15) is 5.82 Å². The fourth-order valence-electron chi connectivity index (χ4n) is 2.86. The van der Waals surface area contributed by atoms with Crippen LogP contribution >= 0.6 is 0 Å². The fraction of sp³-hybridized carbons (Fsp3) is 0.733. The summed E-state index contributed by atoms with van der Waals surface area (Å²) >= 11 is 0. The van der Waals surface area contributed by atoms with Crippen LogP contribution in [0.4, 0.5) is 10.6 Å². The van der Waals surface area contributed by atoms with Crippen molar-refractivity contribution in [3.05, 3.63) is 12.3 Å². The second kappa shape index (κ2) is 6.05. The maximum atomic E-state index is 12.5. The molecule has 1 fully saturated rings. The van der Waals surface area contributed by atoms with Crippen molar-refractivity contribution >= 4 is 11.8 Å². The summed E-state index contributed by atoms with van der Waals surface area (Å²) in [6.07, 6.45) is 4.40. The van der Waals surface area contributed by atoms with Crippen molar-refractivity contribution in [1.82, 2.24) is 14.7 Å². The molecule has 0 aliphatic carbocycles. The molecular formula is C15H26N4O2. The van der Waals surface area contributed by atoms with Gasteiger partial charge in [-0.25, -0.2) is 9.48 Å². The molecule has 6 heteroatoms. The first kappa shape index (κ1) is 15.8.